The standard InChI is InChI=1S/C18H18FN3O3S/c19-13-2-4-14(5-3-13)22-11-18(25-9-16(22)23)6-1-7-21(10-18)17(24)15-8-20-12-26-15/h2-5,8,12H,1,6-7,9-11H2. The van der Waals surface area contributed by atoms with Crippen molar-refractivity contribution in [3.8, 4) is 0 Å². The smallest absolute Gasteiger partial charge is 0.265 e. The molecule has 2 aliphatic rings. The van der Waals surface area contributed by atoms with E-state index >= 15 is 0 Å². The summed E-state index contributed by atoms with van der Waals surface area (Å²) >= 11 is 1.32. The first kappa shape index (κ1) is 17.1. The lowest BCUT2D eigenvalue weighted by Gasteiger charge is -2.47. The minimum absolute atomic E-state index is 0.0417. The van der Waals surface area contributed by atoms with Gasteiger partial charge in [0, 0.05) is 12.2 Å². The summed E-state index contributed by atoms with van der Waals surface area (Å²) in [7, 11) is 0. The van der Waals surface area contributed by atoms with Gasteiger partial charge in [0.05, 0.1) is 24.8 Å². The summed E-state index contributed by atoms with van der Waals surface area (Å²) in [5.41, 5.74) is 1.69. The number of piperidine rings is 1. The molecule has 2 amide bonds. The lowest BCUT2D eigenvalue weighted by atomic mass is 9.90. The van der Waals surface area contributed by atoms with Gasteiger partial charge in [0.25, 0.3) is 11.8 Å². The molecule has 1 unspecified atom stereocenters. The van der Waals surface area contributed by atoms with E-state index in [9.17, 15) is 14.0 Å². The summed E-state index contributed by atoms with van der Waals surface area (Å²) in [6.07, 6.45) is 3.14. The molecule has 1 atom stereocenters. The van der Waals surface area contributed by atoms with Crippen LogP contribution in [0.3, 0.4) is 0 Å². The third-order valence-corrected chi connectivity index (χ3v) is 5.62. The Morgan fingerprint density at radius 3 is 2.81 bits per heavy atom. The molecule has 2 fully saturated rings. The first-order chi connectivity index (χ1) is 12.6. The number of anilines is 1. The first-order valence-corrected chi connectivity index (χ1v) is 9.32. The molecular formula is C18H18FN3O3S. The third-order valence-electron chi connectivity index (χ3n) is 4.86. The van der Waals surface area contributed by atoms with Gasteiger partial charge in [-0.15, -0.1) is 11.3 Å². The van der Waals surface area contributed by atoms with Crippen LogP contribution in [0.1, 0.15) is 22.5 Å². The van der Waals surface area contributed by atoms with Crippen LogP contribution in [0.5, 0.6) is 0 Å². The average molecular weight is 375 g/mol. The highest BCUT2D eigenvalue weighted by Gasteiger charge is 2.44. The van der Waals surface area contributed by atoms with Crippen molar-refractivity contribution in [1.82, 2.24) is 9.88 Å². The van der Waals surface area contributed by atoms with Crippen LogP contribution in [0, 0.1) is 5.82 Å². The number of ether oxygens (including phenoxy) is 1. The van der Waals surface area contributed by atoms with Gasteiger partial charge < -0.3 is 14.5 Å². The van der Waals surface area contributed by atoms with Crippen LogP contribution in [0.15, 0.2) is 36.0 Å². The zero-order chi connectivity index (χ0) is 18.1. The summed E-state index contributed by atoms with van der Waals surface area (Å²) in [4.78, 5) is 33.0. The van der Waals surface area contributed by atoms with E-state index in [1.54, 1.807) is 33.6 Å². The number of amides is 2. The van der Waals surface area contributed by atoms with E-state index in [2.05, 4.69) is 4.98 Å². The summed E-state index contributed by atoms with van der Waals surface area (Å²) in [5, 5.41) is 0. The fraction of sp³-hybridized carbons (Fsp3) is 0.389. The number of carbonyl (C=O) groups excluding carboxylic acids is 2. The second-order valence-corrected chi connectivity index (χ2v) is 7.51. The Morgan fingerprint density at radius 1 is 1.27 bits per heavy atom. The Morgan fingerprint density at radius 2 is 2.08 bits per heavy atom. The molecule has 2 aromatic rings. The van der Waals surface area contributed by atoms with Crippen molar-refractivity contribution in [3.63, 3.8) is 0 Å². The Balaban J connectivity index is 1.54. The van der Waals surface area contributed by atoms with Crippen molar-refractivity contribution in [2.45, 2.75) is 18.4 Å². The molecule has 0 saturated carbocycles. The molecule has 1 aromatic heterocycles. The van der Waals surface area contributed by atoms with Crippen molar-refractivity contribution < 1.29 is 18.7 Å². The Labute approximate surface area is 154 Å². The van der Waals surface area contributed by atoms with E-state index in [0.29, 0.717) is 30.2 Å². The summed E-state index contributed by atoms with van der Waals surface area (Å²) in [6, 6.07) is 5.86. The molecule has 1 aromatic carbocycles. The largest absolute Gasteiger partial charge is 0.361 e. The van der Waals surface area contributed by atoms with Crippen LogP contribution >= 0.6 is 11.3 Å². The van der Waals surface area contributed by atoms with Gasteiger partial charge in [-0.3, -0.25) is 14.6 Å². The number of likely N-dealkylation sites (tertiary alicyclic amines) is 1. The predicted octanol–water partition coefficient (Wildman–Crippen LogP) is 2.32. The maximum Gasteiger partial charge on any atom is 0.265 e. The average Bonchev–Trinajstić information content (AvgIpc) is 3.19. The second-order valence-electron chi connectivity index (χ2n) is 6.62. The Hall–Kier alpha value is -2.32. The summed E-state index contributed by atoms with van der Waals surface area (Å²) < 4.78 is 19.1. The molecule has 2 aliphatic heterocycles. The highest BCUT2D eigenvalue weighted by atomic mass is 32.1. The molecule has 8 heteroatoms. The monoisotopic (exact) mass is 375 g/mol. The van der Waals surface area contributed by atoms with Gasteiger partial charge in [-0.25, -0.2) is 4.39 Å². The molecule has 2 saturated heterocycles. The fourth-order valence-electron chi connectivity index (χ4n) is 3.57. The Bertz CT molecular complexity index is 812. The number of rotatable bonds is 2. The van der Waals surface area contributed by atoms with Gasteiger partial charge in [-0.05, 0) is 37.1 Å². The van der Waals surface area contributed by atoms with Crippen LogP contribution in [0.4, 0.5) is 10.1 Å². The molecule has 0 bridgehead atoms. The SMILES string of the molecule is O=C(c1cncs1)N1CCCC2(C1)CN(c1ccc(F)cc1)C(=O)CO2. The van der Waals surface area contributed by atoms with E-state index < -0.39 is 5.60 Å². The van der Waals surface area contributed by atoms with Gasteiger partial charge >= 0.3 is 0 Å². The van der Waals surface area contributed by atoms with Gasteiger partial charge in [0.1, 0.15) is 22.9 Å². The van der Waals surface area contributed by atoms with Gasteiger partial charge in [0.15, 0.2) is 0 Å². The lowest BCUT2D eigenvalue weighted by Crippen LogP contribution is -2.62. The molecule has 3 heterocycles. The highest BCUT2D eigenvalue weighted by molar-refractivity contribution is 7.11. The molecule has 0 aliphatic carbocycles. The number of hydrogen-bond donors (Lipinski definition) is 0. The van der Waals surface area contributed by atoms with E-state index in [1.165, 1.54) is 23.5 Å². The molecule has 0 N–H and O–H groups in total. The molecule has 6 nitrogen and oxygen atoms in total. The number of benzene rings is 1. The molecule has 26 heavy (non-hydrogen) atoms. The number of nitrogens with zero attached hydrogens (tertiary/aromatic N) is 3. The zero-order valence-electron chi connectivity index (χ0n) is 14.1. The quantitative estimate of drug-likeness (QED) is 0.808. The van der Waals surface area contributed by atoms with Gasteiger partial charge in [0.2, 0.25) is 0 Å². The van der Waals surface area contributed by atoms with Gasteiger partial charge in [-0.2, -0.15) is 0 Å². The van der Waals surface area contributed by atoms with Crippen LogP contribution in [-0.2, 0) is 9.53 Å². The van der Waals surface area contributed by atoms with E-state index in [0.717, 1.165) is 12.8 Å². The second kappa shape index (κ2) is 6.77. The summed E-state index contributed by atoms with van der Waals surface area (Å²) in [6.45, 7) is 1.39. The maximum atomic E-state index is 13.2. The minimum Gasteiger partial charge on any atom is -0.361 e. The third kappa shape index (κ3) is 3.22. The molecular weight excluding hydrogens is 357 g/mol. The van der Waals surface area contributed by atoms with Gasteiger partial charge in [-0.1, -0.05) is 0 Å². The van der Waals surface area contributed by atoms with E-state index in [-0.39, 0.29) is 24.2 Å². The van der Waals surface area contributed by atoms with Crippen molar-refractivity contribution in [1.29, 1.82) is 0 Å². The Kier molecular flexibility index (Phi) is 4.46. The van der Waals surface area contributed by atoms with Crippen molar-refractivity contribution in [2.24, 2.45) is 0 Å². The van der Waals surface area contributed by atoms with E-state index in [4.69, 9.17) is 4.74 Å². The number of aromatic nitrogens is 1. The van der Waals surface area contributed by atoms with Crippen molar-refractivity contribution in [3.05, 3.63) is 46.7 Å². The number of halogens is 1. The fourth-order valence-corrected chi connectivity index (χ4v) is 4.15. The first-order valence-electron chi connectivity index (χ1n) is 8.44. The van der Waals surface area contributed by atoms with Crippen LogP contribution in [0.25, 0.3) is 0 Å². The molecule has 136 valence electrons. The number of carbonyl (C=O) groups is 2. The topological polar surface area (TPSA) is 62.7 Å². The van der Waals surface area contributed by atoms with Crippen LogP contribution < -0.4 is 4.90 Å². The molecule has 1 spiro atoms. The summed E-state index contributed by atoms with van der Waals surface area (Å²) in [5.74, 6) is -0.559. The number of hydrogen-bond acceptors (Lipinski definition) is 5. The normalized spacial score (nSPS) is 23.5. The van der Waals surface area contributed by atoms with Crippen molar-refractivity contribution >= 4 is 28.8 Å². The zero-order valence-corrected chi connectivity index (χ0v) is 14.9. The highest BCUT2D eigenvalue weighted by Crippen LogP contribution is 2.32. The molecule has 0 radical (unpaired) electrons. The van der Waals surface area contributed by atoms with Crippen molar-refractivity contribution in [2.75, 3.05) is 31.1 Å². The predicted molar refractivity (Wildman–Crippen MR) is 94.7 cm³/mol. The lowest BCUT2D eigenvalue weighted by molar-refractivity contribution is -0.144. The number of thiazole rings is 1. The minimum atomic E-state index is -0.596. The molecule has 4 rings (SSSR count). The van der Waals surface area contributed by atoms with Crippen LogP contribution in [-0.4, -0.2) is 53.5 Å². The maximum absolute atomic E-state index is 13.2. The number of morpholine rings is 1. The van der Waals surface area contributed by atoms with E-state index in [1.807, 2.05) is 0 Å². The van der Waals surface area contributed by atoms with Crippen LogP contribution in [0.2, 0.25) is 0 Å².